The highest BCUT2D eigenvalue weighted by atomic mass is 19.1. The van der Waals surface area contributed by atoms with Crippen molar-refractivity contribution in [2.24, 2.45) is 0 Å². The van der Waals surface area contributed by atoms with Crippen LogP contribution in [0, 0.1) is 19.7 Å². The van der Waals surface area contributed by atoms with Crippen LogP contribution < -0.4 is 0 Å². The topological polar surface area (TPSA) is 0 Å². The van der Waals surface area contributed by atoms with Crippen LogP contribution in [0.1, 0.15) is 11.1 Å². The molecule has 2 aromatic carbocycles. The van der Waals surface area contributed by atoms with E-state index in [4.69, 9.17) is 0 Å². The first kappa shape index (κ1) is 11.4. The predicted molar refractivity (Wildman–Crippen MR) is 62.3 cm³/mol. The van der Waals surface area contributed by atoms with E-state index in [1.807, 2.05) is 31.2 Å². The Hall–Kier alpha value is -1.63. The van der Waals surface area contributed by atoms with E-state index >= 15 is 0 Å². The SMILES string of the molecule is Cc1cccc(F)c1.Cc1ccccc1. The first-order chi connectivity index (χ1) is 7.18. The van der Waals surface area contributed by atoms with Crippen LogP contribution in [0.15, 0.2) is 54.6 Å². The van der Waals surface area contributed by atoms with E-state index in [1.54, 1.807) is 6.07 Å². The largest absolute Gasteiger partial charge is 0.207 e. The fraction of sp³-hybridized carbons (Fsp3) is 0.143. The van der Waals surface area contributed by atoms with Crippen molar-refractivity contribution in [2.75, 3.05) is 0 Å². The van der Waals surface area contributed by atoms with E-state index in [2.05, 4.69) is 19.1 Å². The summed E-state index contributed by atoms with van der Waals surface area (Å²) in [5.74, 6) is -0.162. The predicted octanol–water partition coefficient (Wildman–Crippen LogP) is 4.13. The van der Waals surface area contributed by atoms with Crippen molar-refractivity contribution in [3.05, 3.63) is 71.5 Å². The van der Waals surface area contributed by atoms with E-state index in [0.29, 0.717) is 0 Å². The van der Waals surface area contributed by atoms with Gasteiger partial charge >= 0.3 is 0 Å². The van der Waals surface area contributed by atoms with Gasteiger partial charge in [0.05, 0.1) is 0 Å². The van der Waals surface area contributed by atoms with Crippen molar-refractivity contribution in [1.82, 2.24) is 0 Å². The molecule has 1 heteroatoms. The first-order valence-electron chi connectivity index (χ1n) is 4.92. The number of rotatable bonds is 0. The van der Waals surface area contributed by atoms with Crippen LogP contribution >= 0.6 is 0 Å². The third-order valence-corrected chi connectivity index (χ3v) is 1.92. The van der Waals surface area contributed by atoms with Crippen LogP contribution in [0.4, 0.5) is 4.39 Å². The molecule has 0 aliphatic rings. The lowest BCUT2D eigenvalue weighted by atomic mass is 10.2. The van der Waals surface area contributed by atoms with Crippen LogP contribution in [-0.2, 0) is 0 Å². The van der Waals surface area contributed by atoms with Gasteiger partial charge in [-0.05, 0) is 31.5 Å². The molecule has 0 aliphatic heterocycles. The zero-order valence-corrected chi connectivity index (χ0v) is 9.07. The fourth-order valence-corrected chi connectivity index (χ4v) is 1.14. The molecule has 2 rings (SSSR count). The first-order valence-corrected chi connectivity index (χ1v) is 4.92. The Morgan fingerprint density at radius 3 is 1.67 bits per heavy atom. The highest BCUT2D eigenvalue weighted by Crippen LogP contribution is 1.99. The smallest absolute Gasteiger partial charge is 0.123 e. The van der Waals surface area contributed by atoms with Crippen LogP contribution in [0.25, 0.3) is 0 Å². The summed E-state index contributed by atoms with van der Waals surface area (Å²) >= 11 is 0. The van der Waals surface area contributed by atoms with Gasteiger partial charge in [-0.25, -0.2) is 4.39 Å². The lowest BCUT2D eigenvalue weighted by Gasteiger charge is -1.87. The summed E-state index contributed by atoms with van der Waals surface area (Å²) in [6.45, 7) is 3.95. The zero-order valence-electron chi connectivity index (χ0n) is 9.07. The summed E-state index contributed by atoms with van der Waals surface area (Å²) in [6, 6.07) is 16.8. The number of hydrogen-bond acceptors (Lipinski definition) is 0. The van der Waals surface area contributed by atoms with Crippen molar-refractivity contribution in [2.45, 2.75) is 13.8 Å². The van der Waals surface area contributed by atoms with Gasteiger partial charge in [-0.15, -0.1) is 0 Å². The molecule has 15 heavy (non-hydrogen) atoms. The molecule has 0 spiro atoms. The maximum absolute atomic E-state index is 12.2. The molecule has 0 saturated carbocycles. The molecule has 0 nitrogen and oxygen atoms in total. The summed E-state index contributed by atoms with van der Waals surface area (Å²) in [7, 11) is 0. The molecular formula is C14H15F. The van der Waals surface area contributed by atoms with Gasteiger partial charge in [-0.2, -0.15) is 0 Å². The zero-order chi connectivity index (χ0) is 11.1. The summed E-state index contributed by atoms with van der Waals surface area (Å²) in [5.41, 5.74) is 2.28. The molecule has 0 aliphatic carbocycles. The molecule has 0 fully saturated rings. The van der Waals surface area contributed by atoms with Crippen molar-refractivity contribution in [3.63, 3.8) is 0 Å². The average molecular weight is 202 g/mol. The highest BCUT2D eigenvalue weighted by molar-refractivity contribution is 5.13. The van der Waals surface area contributed by atoms with Gasteiger partial charge in [-0.1, -0.05) is 48.0 Å². The molecule has 0 N–H and O–H groups in total. The van der Waals surface area contributed by atoms with Crippen molar-refractivity contribution < 1.29 is 4.39 Å². The third-order valence-electron chi connectivity index (χ3n) is 1.92. The number of halogens is 1. The highest BCUT2D eigenvalue weighted by Gasteiger charge is 1.84. The summed E-state index contributed by atoms with van der Waals surface area (Å²) in [6.07, 6.45) is 0. The molecule has 0 radical (unpaired) electrons. The molecule has 0 atom stereocenters. The van der Waals surface area contributed by atoms with Crippen molar-refractivity contribution >= 4 is 0 Å². The Bertz CT molecular complexity index is 376. The molecule has 0 aromatic heterocycles. The van der Waals surface area contributed by atoms with E-state index in [0.717, 1.165) is 5.56 Å². The Labute approximate surface area is 90.4 Å². The maximum Gasteiger partial charge on any atom is 0.123 e. The van der Waals surface area contributed by atoms with Gasteiger partial charge in [0, 0.05) is 0 Å². The second-order valence-corrected chi connectivity index (χ2v) is 3.45. The molecule has 0 heterocycles. The quantitative estimate of drug-likeness (QED) is 0.602. The summed E-state index contributed by atoms with van der Waals surface area (Å²) in [5, 5.41) is 0. The minimum absolute atomic E-state index is 0.162. The monoisotopic (exact) mass is 202 g/mol. The Morgan fingerprint density at radius 1 is 0.733 bits per heavy atom. The van der Waals surface area contributed by atoms with Crippen molar-refractivity contribution in [1.29, 1.82) is 0 Å². The fourth-order valence-electron chi connectivity index (χ4n) is 1.14. The Morgan fingerprint density at radius 2 is 1.33 bits per heavy atom. The minimum Gasteiger partial charge on any atom is -0.207 e. The number of aryl methyl sites for hydroxylation is 2. The van der Waals surface area contributed by atoms with Crippen LogP contribution in [0.5, 0.6) is 0 Å². The van der Waals surface area contributed by atoms with Gasteiger partial charge in [0.2, 0.25) is 0 Å². The molecular weight excluding hydrogens is 187 g/mol. The lowest BCUT2D eigenvalue weighted by molar-refractivity contribution is 0.626. The molecule has 0 amide bonds. The normalized spacial score (nSPS) is 9.00. The summed E-state index contributed by atoms with van der Waals surface area (Å²) < 4.78 is 12.2. The van der Waals surface area contributed by atoms with Gasteiger partial charge in [-0.3, -0.25) is 0 Å². The minimum atomic E-state index is -0.162. The number of hydrogen-bond donors (Lipinski definition) is 0. The van der Waals surface area contributed by atoms with Crippen LogP contribution in [-0.4, -0.2) is 0 Å². The van der Waals surface area contributed by atoms with Crippen LogP contribution in [0.3, 0.4) is 0 Å². The van der Waals surface area contributed by atoms with Gasteiger partial charge in [0.25, 0.3) is 0 Å². The van der Waals surface area contributed by atoms with E-state index in [-0.39, 0.29) is 5.82 Å². The van der Waals surface area contributed by atoms with E-state index in [9.17, 15) is 4.39 Å². The second kappa shape index (κ2) is 5.97. The van der Waals surface area contributed by atoms with E-state index in [1.165, 1.54) is 17.7 Å². The maximum atomic E-state index is 12.2. The second-order valence-electron chi connectivity index (χ2n) is 3.45. The van der Waals surface area contributed by atoms with Gasteiger partial charge in [0.1, 0.15) is 5.82 Å². The molecule has 78 valence electrons. The van der Waals surface area contributed by atoms with Crippen molar-refractivity contribution in [3.8, 4) is 0 Å². The molecule has 2 aromatic rings. The Balaban J connectivity index is 0.000000151. The van der Waals surface area contributed by atoms with Gasteiger partial charge < -0.3 is 0 Å². The van der Waals surface area contributed by atoms with Crippen LogP contribution in [0.2, 0.25) is 0 Å². The van der Waals surface area contributed by atoms with E-state index < -0.39 is 0 Å². The average Bonchev–Trinajstić information content (AvgIpc) is 2.19. The van der Waals surface area contributed by atoms with Gasteiger partial charge in [0.15, 0.2) is 0 Å². The standard InChI is InChI=1S/C7H7F.C7H8/c1-6-3-2-4-7(8)5-6;1-7-5-3-2-4-6-7/h2-5H,1H3;2-6H,1H3. The molecule has 0 unspecified atom stereocenters. The third kappa shape index (κ3) is 4.96. The lowest BCUT2D eigenvalue weighted by Crippen LogP contribution is -1.72. The summed E-state index contributed by atoms with van der Waals surface area (Å²) in [4.78, 5) is 0. The molecule has 0 saturated heterocycles. The molecule has 0 bridgehead atoms. The Kier molecular flexibility index (Phi) is 4.55. The number of benzene rings is 2.